The van der Waals surface area contributed by atoms with E-state index in [9.17, 15) is 9.59 Å². The Labute approximate surface area is 77.9 Å². The number of rotatable bonds is 4. The molecule has 0 rings (SSSR count). The SMILES string of the molecule is C#CC(=O)N(CC)CC(=O)OCC. The number of esters is 1. The highest BCUT2D eigenvalue weighted by Crippen LogP contribution is 1.90. The van der Waals surface area contributed by atoms with Crippen molar-refractivity contribution in [3.63, 3.8) is 0 Å². The molecule has 0 aromatic rings. The Morgan fingerprint density at radius 2 is 2.08 bits per heavy atom. The first-order valence-electron chi connectivity index (χ1n) is 4.06. The highest BCUT2D eigenvalue weighted by Gasteiger charge is 2.13. The molecule has 0 saturated heterocycles. The summed E-state index contributed by atoms with van der Waals surface area (Å²) < 4.78 is 4.67. The van der Waals surface area contributed by atoms with Crippen LogP contribution < -0.4 is 0 Å². The van der Waals surface area contributed by atoms with Crippen LogP contribution in [0.4, 0.5) is 0 Å². The van der Waals surface area contributed by atoms with E-state index in [1.54, 1.807) is 13.8 Å². The molecular weight excluding hydrogens is 170 g/mol. The summed E-state index contributed by atoms with van der Waals surface area (Å²) in [4.78, 5) is 23.2. The van der Waals surface area contributed by atoms with Gasteiger partial charge in [0.1, 0.15) is 6.54 Å². The molecule has 4 nitrogen and oxygen atoms in total. The number of terminal acetylenes is 1. The minimum absolute atomic E-state index is 0.0760. The number of ether oxygens (including phenoxy) is 1. The molecule has 72 valence electrons. The molecule has 0 heterocycles. The fraction of sp³-hybridized carbons (Fsp3) is 0.556. The Bertz CT molecular complexity index is 230. The van der Waals surface area contributed by atoms with Crippen molar-refractivity contribution >= 4 is 11.9 Å². The van der Waals surface area contributed by atoms with Gasteiger partial charge in [-0.2, -0.15) is 0 Å². The number of hydrogen-bond donors (Lipinski definition) is 0. The van der Waals surface area contributed by atoms with Crippen LogP contribution in [0.25, 0.3) is 0 Å². The Hall–Kier alpha value is -1.50. The van der Waals surface area contributed by atoms with Crippen molar-refractivity contribution in [1.29, 1.82) is 0 Å². The summed E-state index contributed by atoms with van der Waals surface area (Å²) in [5.41, 5.74) is 0. The molecule has 0 aliphatic rings. The van der Waals surface area contributed by atoms with Crippen LogP contribution in [0, 0.1) is 12.3 Å². The first kappa shape index (κ1) is 11.5. The Balaban J connectivity index is 4.07. The third kappa shape index (κ3) is 4.16. The molecule has 0 spiro atoms. The largest absolute Gasteiger partial charge is 0.465 e. The van der Waals surface area contributed by atoms with E-state index in [0.29, 0.717) is 13.2 Å². The van der Waals surface area contributed by atoms with Gasteiger partial charge in [0.25, 0.3) is 5.91 Å². The van der Waals surface area contributed by atoms with Crippen LogP contribution in [0.5, 0.6) is 0 Å². The van der Waals surface area contributed by atoms with Gasteiger partial charge in [0, 0.05) is 6.54 Å². The Morgan fingerprint density at radius 1 is 1.46 bits per heavy atom. The van der Waals surface area contributed by atoms with Crippen molar-refractivity contribution in [3.05, 3.63) is 0 Å². The summed E-state index contributed by atoms with van der Waals surface area (Å²) in [6.07, 6.45) is 4.90. The lowest BCUT2D eigenvalue weighted by atomic mass is 10.4. The van der Waals surface area contributed by atoms with Crippen LogP contribution in [0.3, 0.4) is 0 Å². The van der Waals surface area contributed by atoms with Crippen LogP contribution in [0.2, 0.25) is 0 Å². The first-order valence-corrected chi connectivity index (χ1v) is 4.06. The molecule has 0 fully saturated rings. The lowest BCUT2D eigenvalue weighted by Gasteiger charge is -2.16. The summed E-state index contributed by atoms with van der Waals surface area (Å²) >= 11 is 0. The zero-order valence-electron chi connectivity index (χ0n) is 7.87. The van der Waals surface area contributed by atoms with Crippen LogP contribution in [0.1, 0.15) is 13.8 Å². The molecular formula is C9H13NO3. The van der Waals surface area contributed by atoms with Gasteiger partial charge < -0.3 is 9.64 Å². The van der Waals surface area contributed by atoms with Gasteiger partial charge in [-0.05, 0) is 19.8 Å². The summed E-state index contributed by atoms with van der Waals surface area (Å²) in [6.45, 7) is 4.08. The fourth-order valence-electron chi connectivity index (χ4n) is 0.781. The van der Waals surface area contributed by atoms with E-state index in [4.69, 9.17) is 6.42 Å². The fourth-order valence-corrected chi connectivity index (χ4v) is 0.781. The lowest BCUT2D eigenvalue weighted by Crippen LogP contribution is -2.35. The molecule has 1 amide bonds. The van der Waals surface area contributed by atoms with Gasteiger partial charge in [0.15, 0.2) is 0 Å². The zero-order valence-corrected chi connectivity index (χ0v) is 7.87. The second-order valence-corrected chi connectivity index (χ2v) is 2.27. The van der Waals surface area contributed by atoms with E-state index in [1.807, 2.05) is 5.92 Å². The van der Waals surface area contributed by atoms with Crippen LogP contribution in [-0.2, 0) is 14.3 Å². The van der Waals surface area contributed by atoms with Gasteiger partial charge in [0.2, 0.25) is 0 Å². The molecule has 0 bridgehead atoms. The number of nitrogens with zero attached hydrogens (tertiary/aromatic N) is 1. The van der Waals surface area contributed by atoms with Crippen molar-refractivity contribution in [2.45, 2.75) is 13.8 Å². The van der Waals surface area contributed by atoms with Crippen molar-refractivity contribution < 1.29 is 14.3 Å². The minimum atomic E-state index is -0.490. The van der Waals surface area contributed by atoms with Crippen LogP contribution in [-0.4, -0.2) is 36.5 Å². The van der Waals surface area contributed by atoms with Gasteiger partial charge in [-0.3, -0.25) is 9.59 Å². The average molecular weight is 183 g/mol. The molecule has 0 saturated carbocycles. The van der Waals surface area contributed by atoms with E-state index in [2.05, 4.69) is 4.74 Å². The molecule has 0 radical (unpaired) electrons. The number of carbonyl (C=O) groups is 2. The van der Waals surface area contributed by atoms with E-state index >= 15 is 0 Å². The molecule has 0 aliphatic carbocycles. The topological polar surface area (TPSA) is 46.6 Å². The summed E-state index contributed by atoms with van der Waals surface area (Å²) in [6, 6.07) is 0. The number of amides is 1. The lowest BCUT2D eigenvalue weighted by molar-refractivity contribution is -0.147. The normalized spacial score (nSPS) is 8.69. The number of hydrogen-bond acceptors (Lipinski definition) is 3. The molecule has 0 aromatic carbocycles. The molecule has 4 heteroatoms. The second-order valence-electron chi connectivity index (χ2n) is 2.27. The maximum absolute atomic E-state index is 11.0. The van der Waals surface area contributed by atoms with Crippen LogP contribution in [0.15, 0.2) is 0 Å². The maximum atomic E-state index is 11.0. The highest BCUT2D eigenvalue weighted by molar-refractivity contribution is 5.94. The highest BCUT2D eigenvalue weighted by atomic mass is 16.5. The summed E-state index contributed by atoms with van der Waals surface area (Å²) in [5, 5.41) is 0. The molecule has 0 atom stereocenters. The molecule has 13 heavy (non-hydrogen) atoms. The van der Waals surface area contributed by atoms with E-state index in [1.165, 1.54) is 4.90 Å². The molecule has 0 aromatic heterocycles. The first-order chi connectivity index (χ1) is 6.15. The number of carbonyl (C=O) groups excluding carboxylic acids is 2. The quantitative estimate of drug-likeness (QED) is 0.456. The van der Waals surface area contributed by atoms with E-state index in [-0.39, 0.29) is 6.54 Å². The Morgan fingerprint density at radius 3 is 2.46 bits per heavy atom. The average Bonchev–Trinajstić information content (AvgIpc) is 2.13. The molecule has 0 N–H and O–H groups in total. The summed E-state index contributed by atoms with van der Waals surface area (Å²) in [5.74, 6) is 1.02. The van der Waals surface area contributed by atoms with Gasteiger partial charge in [0.05, 0.1) is 6.61 Å². The number of likely N-dealkylation sites (N-methyl/N-ethyl adjacent to an activating group) is 1. The van der Waals surface area contributed by atoms with Crippen LogP contribution >= 0.6 is 0 Å². The maximum Gasteiger partial charge on any atom is 0.325 e. The van der Waals surface area contributed by atoms with Gasteiger partial charge in [-0.1, -0.05) is 0 Å². The second kappa shape index (κ2) is 6.06. The third-order valence-electron chi connectivity index (χ3n) is 1.42. The predicted molar refractivity (Wildman–Crippen MR) is 47.7 cm³/mol. The molecule has 0 unspecified atom stereocenters. The zero-order chi connectivity index (χ0) is 10.3. The third-order valence-corrected chi connectivity index (χ3v) is 1.42. The van der Waals surface area contributed by atoms with E-state index < -0.39 is 11.9 Å². The van der Waals surface area contributed by atoms with Gasteiger partial charge in [-0.15, -0.1) is 6.42 Å². The van der Waals surface area contributed by atoms with Gasteiger partial charge in [-0.25, -0.2) is 0 Å². The minimum Gasteiger partial charge on any atom is -0.465 e. The molecule has 0 aliphatic heterocycles. The van der Waals surface area contributed by atoms with Crippen molar-refractivity contribution in [2.75, 3.05) is 19.7 Å². The van der Waals surface area contributed by atoms with Crippen molar-refractivity contribution in [3.8, 4) is 12.3 Å². The van der Waals surface area contributed by atoms with Crippen molar-refractivity contribution in [1.82, 2.24) is 4.90 Å². The monoisotopic (exact) mass is 183 g/mol. The smallest absolute Gasteiger partial charge is 0.325 e. The predicted octanol–water partition coefficient (Wildman–Crippen LogP) is 0.0312. The van der Waals surface area contributed by atoms with Gasteiger partial charge >= 0.3 is 5.97 Å². The Kier molecular flexibility index (Phi) is 5.37. The standard InChI is InChI=1S/C9H13NO3/c1-4-8(11)10(5-2)7-9(12)13-6-3/h1H,5-7H2,2-3H3. The summed E-state index contributed by atoms with van der Waals surface area (Å²) in [7, 11) is 0. The van der Waals surface area contributed by atoms with E-state index in [0.717, 1.165) is 0 Å². The van der Waals surface area contributed by atoms with Crippen molar-refractivity contribution in [2.24, 2.45) is 0 Å².